The van der Waals surface area contributed by atoms with Gasteiger partial charge in [-0.15, -0.1) is 0 Å². The minimum absolute atomic E-state index is 0.135. The smallest absolute Gasteiger partial charge is 0.251 e. The molecule has 156 valence electrons. The van der Waals surface area contributed by atoms with Gasteiger partial charge in [0.05, 0.1) is 25.6 Å². The number of aromatic nitrogens is 3. The molecule has 3 aromatic rings. The number of rotatable bonds is 6. The number of pyridine rings is 1. The molecule has 4 rings (SSSR count). The van der Waals surface area contributed by atoms with E-state index in [1.807, 2.05) is 36.4 Å². The van der Waals surface area contributed by atoms with Gasteiger partial charge >= 0.3 is 0 Å². The van der Waals surface area contributed by atoms with Crippen molar-refractivity contribution in [2.24, 2.45) is 0 Å². The molecule has 0 atom stereocenters. The van der Waals surface area contributed by atoms with Crippen molar-refractivity contribution in [1.82, 2.24) is 19.9 Å². The average molecular weight is 406 g/mol. The Kier molecular flexibility index (Phi) is 6.09. The maximum absolute atomic E-state index is 12.2. The van der Waals surface area contributed by atoms with Crippen LogP contribution in [0.4, 0.5) is 0 Å². The zero-order valence-electron chi connectivity index (χ0n) is 17.3. The first-order valence-corrected chi connectivity index (χ1v) is 10.1. The first-order chi connectivity index (χ1) is 14.7. The van der Waals surface area contributed by atoms with Crippen molar-refractivity contribution in [3.05, 3.63) is 70.4 Å². The Bertz CT molecular complexity index is 1040. The van der Waals surface area contributed by atoms with E-state index in [2.05, 4.69) is 14.9 Å². The summed E-state index contributed by atoms with van der Waals surface area (Å²) in [6.07, 6.45) is 3.57. The number of hydrogen-bond acceptors (Lipinski definition) is 6. The molecule has 1 aliphatic rings. The lowest BCUT2D eigenvalue weighted by Gasteiger charge is -2.31. The van der Waals surface area contributed by atoms with Crippen LogP contribution in [0.2, 0.25) is 0 Å². The number of methoxy groups -OCH3 is 2. The highest BCUT2D eigenvalue weighted by Gasteiger charge is 2.24. The Labute approximate surface area is 175 Å². The van der Waals surface area contributed by atoms with Crippen molar-refractivity contribution in [3.63, 3.8) is 0 Å². The second-order valence-electron chi connectivity index (χ2n) is 7.46. The third-order valence-corrected chi connectivity index (χ3v) is 5.54. The minimum Gasteiger partial charge on any atom is -0.497 e. The van der Waals surface area contributed by atoms with Crippen molar-refractivity contribution < 1.29 is 9.47 Å². The lowest BCUT2D eigenvalue weighted by molar-refractivity contribution is 0.199. The topological polar surface area (TPSA) is 80.3 Å². The Morgan fingerprint density at radius 3 is 2.60 bits per heavy atom. The summed E-state index contributed by atoms with van der Waals surface area (Å²) in [7, 11) is 3.36. The summed E-state index contributed by atoms with van der Waals surface area (Å²) in [6, 6.07) is 13.0. The third-order valence-electron chi connectivity index (χ3n) is 5.54. The summed E-state index contributed by atoms with van der Waals surface area (Å²) in [5.74, 6) is 2.67. The Morgan fingerprint density at radius 1 is 1.07 bits per heavy atom. The SMILES string of the molecule is COc1ccc(OC)c(CN2CCC(c3nc(-c4ccccn4)cc(=O)[nH]3)CC2)c1. The zero-order valence-corrected chi connectivity index (χ0v) is 17.3. The lowest BCUT2D eigenvalue weighted by atomic mass is 9.95. The van der Waals surface area contributed by atoms with Gasteiger partial charge in [-0.1, -0.05) is 6.07 Å². The molecule has 1 aromatic carbocycles. The predicted molar refractivity (Wildman–Crippen MR) is 115 cm³/mol. The molecular formula is C23H26N4O3. The average Bonchev–Trinajstić information content (AvgIpc) is 2.79. The summed E-state index contributed by atoms with van der Waals surface area (Å²) in [4.78, 5) is 26.6. The van der Waals surface area contributed by atoms with Crippen molar-refractivity contribution in [3.8, 4) is 22.9 Å². The van der Waals surface area contributed by atoms with Gasteiger partial charge in [0.15, 0.2) is 0 Å². The number of likely N-dealkylation sites (tertiary alicyclic amines) is 1. The molecule has 7 heteroatoms. The van der Waals surface area contributed by atoms with Gasteiger partial charge in [-0.05, 0) is 56.3 Å². The van der Waals surface area contributed by atoms with Crippen LogP contribution in [-0.2, 0) is 6.54 Å². The van der Waals surface area contributed by atoms with Crippen LogP contribution < -0.4 is 15.0 Å². The fourth-order valence-corrected chi connectivity index (χ4v) is 3.93. The van der Waals surface area contributed by atoms with Crippen LogP contribution in [0.3, 0.4) is 0 Å². The van der Waals surface area contributed by atoms with E-state index in [-0.39, 0.29) is 11.5 Å². The van der Waals surface area contributed by atoms with Crippen LogP contribution in [0.1, 0.15) is 30.1 Å². The van der Waals surface area contributed by atoms with Gasteiger partial charge in [-0.3, -0.25) is 14.7 Å². The molecule has 0 unspecified atom stereocenters. The van der Waals surface area contributed by atoms with Crippen molar-refractivity contribution in [2.75, 3.05) is 27.3 Å². The number of H-pyrrole nitrogens is 1. The van der Waals surface area contributed by atoms with Gasteiger partial charge in [-0.25, -0.2) is 4.98 Å². The van der Waals surface area contributed by atoms with Gasteiger partial charge < -0.3 is 14.5 Å². The standard InChI is InChI=1S/C23H26N4O3/c1-29-18-6-7-21(30-2)17(13-18)15-27-11-8-16(9-12-27)23-25-20(14-22(28)26-23)19-5-3-4-10-24-19/h3-7,10,13-14,16H,8-9,11-12,15H2,1-2H3,(H,25,26,28). The second kappa shape index (κ2) is 9.09. The highest BCUT2D eigenvalue weighted by molar-refractivity contribution is 5.52. The van der Waals surface area contributed by atoms with Gasteiger partial charge in [0.25, 0.3) is 5.56 Å². The molecule has 1 fully saturated rings. The van der Waals surface area contributed by atoms with Crippen molar-refractivity contribution in [2.45, 2.75) is 25.3 Å². The molecule has 0 spiro atoms. The minimum atomic E-state index is -0.135. The fourth-order valence-electron chi connectivity index (χ4n) is 3.93. The Morgan fingerprint density at radius 2 is 1.90 bits per heavy atom. The molecular weight excluding hydrogens is 380 g/mol. The highest BCUT2D eigenvalue weighted by atomic mass is 16.5. The van der Waals surface area contributed by atoms with Crippen molar-refractivity contribution in [1.29, 1.82) is 0 Å². The maximum Gasteiger partial charge on any atom is 0.251 e. The molecule has 1 aliphatic heterocycles. The van der Waals surface area contributed by atoms with E-state index in [1.165, 1.54) is 6.07 Å². The number of nitrogens with one attached hydrogen (secondary N) is 1. The van der Waals surface area contributed by atoms with E-state index in [0.29, 0.717) is 11.4 Å². The van der Waals surface area contributed by atoms with Gasteiger partial charge in [0, 0.05) is 30.3 Å². The second-order valence-corrected chi connectivity index (χ2v) is 7.46. The van der Waals surface area contributed by atoms with Crippen LogP contribution >= 0.6 is 0 Å². The molecule has 1 N–H and O–H groups in total. The van der Waals surface area contributed by atoms with Crippen LogP contribution in [0.25, 0.3) is 11.4 Å². The summed E-state index contributed by atoms with van der Waals surface area (Å²) >= 11 is 0. The molecule has 7 nitrogen and oxygen atoms in total. The molecule has 0 amide bonds. The largest absolute Gasteiger partial charge is 0.497 e. The Hall–Kier alpha value is -3.19. The molecule has 0 bridgehead atoms. The first kappa shape index (κ1) is 20.1. The monoisotopic (exact) mass is 406 g/mol. The molecule has 3 heterocycles. The number of nitrogens with zero attached hydrogens (tertiary/aromatic N) is 3. The van der Waals surface area contributed by atoms with E-state index in [4.69, 9.17) is 14.5 Å². The lowest BCUT2D eigenvalue weighted by Crippen LogP contribution is -2.33. The zero-order chi connectivity index (χ0) is 20.9. The normalized spacial score (nSPS) is 15.1. The number of ether oxygens (including phenoxy) is 2. The number of benzene rings is 1. The maximum atomic E-state index is 12.2. The van der Waals surface area contributed by atoms with E-state index < -0.39 is 0 Å². The van der Waals surface area contributed by atoms with E-state index >= 15 is 0 Å². The summed E-state index contributed by atoms with van der Waals surface area (Å²) in [5.41, 5.74) is 2.31. The quantitative estimate of drug-likeness (QED) is 0.677. The highest BCUT2D eigenvalue weighted by Crippen LogP contribution is 2.30. The fraction of sp³-hybridized carbons (Fsp3) is 0.348. The number of aromatic amines is 1. The number of piperidine rings is 1. The van der Waals surface area contributed by atoms with Crippen LogP contribution in [-0.4, -0.2) is 47.2 Å². The third kappa shape index (κ3) is 4.52. The summed E-state index contributed by atoms with van der Waals surface area (Å²) in [6.45, 7) is 2.64. The molecule has 2 aromatic heterocycles. The van der Waals surface area contributed by atoms with Gasteiger partial charge in [0.2, 0.25) is 0 Å². The summed E-state index contributed by atoms with van der Waals surface area (Å²) < 4.78 is 10.9. The molecule has 1 saturated heterocycles. The van der Waals surface area contributed by atoms with Gasteiger partial charge in [0.1, 0.15) is 17.3 Å². The molecule has 30 heavy (non-hydrogen) atoms. The van der Waals surface area contributed by atoms with Crippen LogP contribution in [0, 0.1) is 0 Å². The number of hydrogen-bond donors (Lipinski definition) is 1. The van der Waals surface area contributed by atoms with Crippen LogP contribution in [0.5, 0.6) is 11.5 Å². The Balaban J connectivity index is 1.45. The molecule has 0 saturated carbocycles. The van der Waals surface area contributed by atoms with E-state index in [0.717, 1.165) is 55.4 Å². The molecule has 0 radical (unpaired) electrons. The van der Waals surface area contributed by atoms with E-state index in [9.17, 15) is 4.79 Å². The summed E-state index contributed by atoms with van der Waals surface area (Å²) in [5, 5.41) is 0. The van der Waals surface area contributed by atoms with Crippen molar-refractivity contribution >= 4 is 0 Å². The predicted octanol–water partition coefficient (Wildman–Crippen LogP) is 3.23. The van der Waals surface area contributed by atoms with Crippen LogP contribution in [0.15, 0.2) is 53.5 Å². The van der Waals surface area contributed by atoms with Gasteiger partial charge in [-0.2, -0.15) is 0 Å². The molecule has 0 aliphatic carbocycles. The van der Waals surface area contributed by atoms with E-state index in [1.54, 1.807) is 20.4 Å². The first-order valence-electron chi connectivity index (χ1n) is 10.1.